The number of aromatic amines is 1. The molecule has 0 spiro atoms. The molecular weight excluding hydrogens is 316 g/mol. The van der Waals surface area contributed by atoms with Gasteiger partial charge in [0.25, 0.3) is 0 Å². The predicted octanol–water partition coefficient (Wildman–Crippen LogP) is 1.88. The number of hydrogen-bond donors (Lipinski definition) is 2. The summed E-state index contributed by atoms with van der Waals surface area (Å²) in [6, 6.07) is 10.6. The van der Waals surface area contributed by atoms with E-state index < -0.39 is 0 Å². The molecule has 0 radical (unpaired) electrons. The zero-order valence-electron chi connectivity index (χ0n) is 14.9. The van der Waals surface area contributed by atoms with E-state index in [1.807, 2.05) is 25.1 Å². The molecular formula is C19H28N4O2. The average molecular weight is 344 g/mol. The maximum absolute atomic E-state index is 9.50. The van der Waals surface area contributed by atoms with Crippen LogP contribution in [0.1, 0.15) is 24.6 Å². The van der Waals surface area contributed by atoms with Crippen LogP contribution in [0.25, 0.3) is 0 Å². The summed E-state index contributed by atoms with van der Waals surface area (Å²) in [5.74, 6) is 0.965. The molecule has 1 aromatic heterocycles. The van der Waals surface area contributed by atoms with Gasteiger partial charge in [0.2, 0.25) is 0 Å². The highest BCUT2D eigenvalue weighted by Crippen LogP contribution is 2.23. The molecule has 3 rings (SSSR count). The largest absolute Gasteiger partial charge is 0.494 e. The lowest BCUT2D eigenvalue weighted by Gasteiger charge is -2.41. The number of rotatable bonds is 8. The average Bonchev–Trinajstić information content (AvgIpc) is 3.12. The van der Waals surface area contributed by atoms with Crippen LogP contribution in [0, 0.1) is 0 Å². The molecule has 1 atom stereocenters. The first-order chi connectivity index (χ1) is 12.3. The molecule has 1 fully saturated rings. The van der Waals surface area contributed by atoms with Crippen LogP contribution in [0.2, 0.25) is 0 Å². The van der Waals surface area contributed by atoms with E-state index in [4.69, 9.17) is 4.74 Å². The Bertz CT molecular complexity index is 632. The molecule has 1 aliphatic heterocycles. The van der Waals surface area contributed by atoms with E-state index in [0.717, 1.165) is 50.6 Å². The Kier molecular flexibility index (Phi) is 6.44. The molecule has 6 nitrogen and oxygen atoms in total. The first-order valence-corrected chi connectivity index (χ1v) is 9.06. The Morgan fingerprint density at radius 2 is 2.12 bits per heavy atom. The summed E-state index contributed by atoms with van der Waals surface area (Å²) >= 11 is 0. The second-order valence-corrected chi connectivity index (χ2v) is 6.49. The first kappa shape index (κ1) is 17.9. The van der Waals surface area contributed by atoms with Crippen molar-refractivity contribution >= 4 is 0 Å². The van der Waals surface area contributed by atoms with E-state index in [-0.39, 0.29) is 6.61 Å². The second kappa shape index (κ2) is 8.99. The summed E-state index contributed by atoms with van der Waals surface area (Å²) in [7, 11) is 0. The molecule has 0 saturated carbocycles. The Morgan fingerprint density at radius 3 is 2.88 bits per heavy atom. The molecule has 0 amide bonds. The fourth-order valence-corrected chi connectivity index (χ4v) is 3.50. The van der Waals surface area contributed by atoms with Crippen molar-refractivity contribution in [1.29, 1.82) is 0 Å². The molecule has 2 aromatic rings. The van der Waals surface area contributed by atoms with Gasteiger partial charge >= 0.3 is 0 Å². The van der Waals surface area contributed by atoms with Crippen molar-refractivity contribution in [2.24, 2.45) is 0 Å². The maximum atomic E-state index is 9.50. The van der Waals surface area contributed by atoms with Crippen molar-refractivity contribution < 1.29 is 9.84 Å². The Hall–Kier alpha value is -1.89. The molecule has 6 heteroatoms. The van der Waals surface area contributed by atoms with Crippen molar-refractivity contribution in [3.8, 4) is 5.75 Å². The SMILES string of the molecule is CCOc1ccccc1CN1CCN(Cc2ccn[nH]2)CC1CCO. The van der Waals surface area contributed by atoms with Gasteiger partial charge in [-0.05, 0) is 25.5 Å². The maximum Gasteiger partial charge on any atom is 0.123 e. The van der Waals surface area contributed by atoms with Gasteiger partial charge in [0.05, 0.1) is 6.61 Å². The quantitative estimate of drug-likeness (QED) is 0.765. The van der Waals surface area contributed by atoms with Crippen LogP contribution >= 0.6 is 0 Å². The third-order valence-corrected chi connectivity index (χ3v) is 4.75. The number of ether oxygens (including phenoxy) is 1. The lowest BCUT2D eigenvalue weighted by Crippen LogP contribution is -2.52. The highest BCUT2D eigenvalue weighted by atomic mass is 16.5. The zero-order chi connectivity index (χ0) is 17.5. The summed E-state index contributed by atoms with van der Waals surface area (Å²) < 4.78 is 5.77. The highest BCUT2D eigenvalue weighted by Gasteiger charge is 2.27. The number of para-hydroxylation sites is 1. The van der Waals surface area contributed by atoms with Crippen molar-refractivity contribution in [3.05, 3.63) is 47.8 Å². The second-order valence-electron chi connectivity index (χ2n) is 6.49. The summed E-state index contributed by atoms with van der Waals surface area (Å²) in [5, 5.41) is 16.6. The van der Waals surface area contributed by atoms with Crippen molar-refractivity contribution in [2.75, 3.05) is 32.8 Å². The summed E-state index contributed by atoms with van der Waals surface area (Å²) in [6.07, 6.45) is 2.58. The number of aromatic nitrogens is 2. The first-order valence-electron chi connectivity index (χ1n) is 9.06. The number of benzene rings is 1. The standard InChI is InChI=1S/C19H28N4O2/c1-2-25-19-6-4-3-5-16(19)13-23-11-10-22(15-18(23)8-12-24)14-17-7-9-20-21-17/h3-7,9,18,24H,2,8,10-15H2,1H3,(H,20,21). The van der Waals surface area contributed by atoms with Gasteiger partial charge in [0.1, 0.15) is 5.75 Å². The van der Waals surface area contributed by atoms with Crippen LogP contribution in [-0.2, 0) is 13.1 Å². The van der Waals surface area contributed by atoms with E-state index in [0.29, 0.717) is 12.6 Å². The monoisotopic (exact) mass is 344 g/mol. The normalized spacial score (nSPS) is 19.2. The molecule has 1 unspecified atom stereocenters. The predicted molar refractivity (Wildman–Crippen MR) is 97.4 cm³/mol. The van der Waals surface area contributed by atoms with Gasteiger partial charge in [0, 0.05) is 62.8 Å². The molecule has 1 saturated heterocycles. The van der Waals surface area contributed by atoms with Gasteiger partial charge in [-0.25, -0.2) is 0 Å². The van der Waals surface area contributed by atoms with E-state index in [9.17, 15) is 5.11 Å². The summed E-state index contributed by atoms with van der Waals surface area (Å²) in [4.78, 5) is 4.90. The van der Waals surface area contributed by atoms with Gasteiger partial charge in [0.15, 0.2) is 0 Å². The van der Waals surface area contributed by atoms with Crippen LogP contribution in [0.5, 0.6) is 5.75 Å². The van der Waals surface area contributed by atoms with Crippen LogP contribution < -0.4 is 4.74 Å². The zero-order valence-corrected chi connectivity index (χ0v) is 14.9. The third kappa shape index (κ3) is 4.81. The number of nitrogens with one attached hydrogen (secondary N) is 1. The van der Waals surface area contributed by atoms with E-state index in [2.05, 4.69) is 32.1 Å². The van der Waals surface area contributed by atoms with Gasteiger partial charge in [-0.15, -0.1) is 0 Å². The molecule has 25 heavy (non-hydrogen) atoms. The molecule has 1 aromatic carbocycles. The summed E-state index contributed by atoms with van der Waals surface area (Å²) in [5.41, 5.74) is 2.35. The Morgan fingerprint density at radius 1 is 1.24 bits per heavy atom. The number of aliphatic hydroxyl groups excluding tert-OH is 1. The van der Waals surface area contributed by atoms with Crippen LogP contribution in [0.4, 0.5) is 0 Å². The van der Waals surface area contributed by atoms with Crippen molar-refractivity contribution in [3.63, 3.8) is 0 Å². The van der Waals surface area contributed by atoms with E-state index >= 15 is 0 Å². The minimum absolute atomic E-state index is 0.214. The minimum Gasteiger partial charge on any atom is -0.494 e. The van der Waals surface area contributed by atoms with Gasteiger partial charge < -0.3 is 9.84 Å². The lowest BCUT2D eigenvalue weighted by molar-refractivity contribution is 0.0488. The minimum atomic E-state index is 0.214. The molecule has 136 valence electrons. The molecule has 2 heterocycles. The molecule has 1 aliphatic rings. The molecule has 0 bridgehead atoms. The summed E-state index contributed by atoms with van der Waals surface area (Å²) in [6.45, 7) is 7.60. The van der Waals surface area contributed by atoms with Crippen LogP contribution in [-0.4, -0.2) is 64.0 Å². The van der Waals surface area contributed by atoms with Gasteiger partial charge in [-0.3, -0.25) is 14.9 Å². The van der Waals surface area contributed by atoms with E-state index in [1.165, 1.54) is 5.56 Å². The number of aliphatic hydroxyl groups is 1. The third-order valence-electron chi connectivity index (χ3n) is 4.75. The fourth-order valence-electron chi connectivity index (χ4n) is 3.50. The van der Waals surface area contributed by atoms with Crippen molar-refractivity contribution in [1.82, 2.24) is 20.0 Å². The smallest absolute Gasteiger partial charge is 0.123 e. The Balaban J connectivity index is 1.65. The topological polar surface area (TPSA) is 64.6 Å². The van der Waals surface area contributed by atoms with Gasteiger partial charge in [-0.2, -0.15) is 5.10 Å². The molecule has 2 N–H and O–H groups in total. The number of hydrogen-bond acceptors (Lipinski definition) is 5. The number of H-pyrrole nitrogens is 1. The molecule has 0 aliphatic carbocycles. The Labute approximate surface area is 149 Å². The fraction of sp³-hybridized carbons (Fsp3) is 0.526. The lowest BCUT2D eigenvalue weighted by atomic mass is 10.1. The number of piperazine rings is 1. The van der Waals surface area contributed by atoms with Crippen molar-refractivity contribution in [2.45, 2.75) is 32.5 Å². The highest BCUT2D eigenvalue weighted by molar-refractivity contribution is 5.33. The van der Waals surface area contributed by atoms with E-state index in [1.54, 1.807) is 6.20 Å². The van der Waals surface area contributed by atoms with Crippen LogP contribution in [0.15, 0.2) is 36.5 Å². The van der Waals surface area contributed by atoms with Gasteiger partial charge in [-0.1, -0.05) is 18.2 Å². The van der Waals surface area contributed by atoms with Crippen LogP contribution in [0.3, 0.4) is 0 Å². The number of nitrogens with zero attached hydrogens (tertiary/aromatic N) is 3.